The zero-order valence-corrected chi connectivity index (χ0v) is 33.0. The molecule has 1 radical (unpaired) electrons. The Morgan fingerprint density at radius 2 is 0.528 bits per heavy atom. The third-order valence-electron chi connectivity index (χ3n) is 9.34. The van der Waals surface area contributed by atoms with Crippen molar-refractivity contribution in [3.8, 4) is 0 Å². The Morgan fingerprint density at radius 3 is 0.887 bits per heavy atom. The van der Waals surface area contributed by atoms with Crippen molar-refractivity contribution in [2.75, 3.05) is 0 Å². The van der Waals surface area contributed by atoms with Gasteiger partial charge in [-0.1, -0.05) is 182 Å². The monoisotopic (exact) mass is 753 g/mol. The van der Waals surface area contributed by atoms with Gasteiger partial charge in [0.25, 0.3) is 0 Å². The molecule has 7 aromatic carbocycles. The first-order valence-corrected chi connectivity index (χ1v) is 17.8. The molecule has 0 heterocycles. The van der Waals surface area contributed by atoms with Crippen molar-refractivity contribution >= 4 is 33.4 Å². The molecule has 0 aromatic heterocycles. The van der Waals surface area contributed by atoms with Gasteiger partial charge in [0.05, 0.1) is 0 Å². The first kappa shape index (κ1) is 37.4. The first-order chi connectivity index (χ1) is 25.7. The summed E-state index contributed by atoms with van der Waals surface area (Å²) in [6.45, 7) is 4.50. The predicted octanol–water partition coefficient (Wildman–Crippen LogP) is 13.4. The van der Waals surface area contributed by atoms with E-state index >= 15 is 0 Å². The number of allylic oxidation sites excluding steroid dienone is 6. The largest absolute Gasteiger partial charge is 0.174 e. The minimum atomic E-state index is 0. The van der Waals surface area contributed by atoms with E-state index in [9.17, 15) is 0 Å². The van der Waals surface area contributed by atoms with E-state index in [0.29, 0.717) is 0 Å². The standard InChI is InChI=1S/C52H40.Y/c1-39(43-25-13-5-14-26-43)51(47-31-19-8-20-32-47)52(40(2)44-27-15-6-16-28-44)48-35-33-46(34-36-48)50(38-42-23-11-4-12-24-42)49(45-29-17-7-18-30-45)37-41-21-9-3-10-22-41;/h3-36H,1-2H3;/q-2;/b51-39+,52-40+;. The molecule has 0 fully saturated rings. The smallest absolute Gasteiger partial charge is 0 e. The average Bonchev–Trinajstić information content (AvgIpc) is 3.23. The minimum absolute atomic E-state index is 0. The van der Waals surface area contributed by atoms with Crippen molar-refractivity contribution in [2.45, 2.75) is 13.8 Å². The van der Waals surface area contributed by atoms with Gasteiger partial charge in [-0.3, -0.25) is 0 Å². The van der Waals surface area contributed by atoms with Crippen LogP contribution in [-0.4, -0.2) is 0 Å². The van der Waals surface area contributed by atoms with E-state index in [0.717, 1.165) is 39.0 Å². The summed E-state index contributed by atoms with van der Waals surface area (Å²) in [4.78, 5) is 0. The van der Waals surface area contributed by atoms with Gasteiger partial charge in [0.15, 0.2) is 0 Å². The van der Waals surface area contributed by atoms with Gasteiger partial charge < -0.3 is 0 Å². The fraction of sp³-hybridized carbons (Fsp3) is 0.0385. The van der Waals surface area contributed by atoms with Crippen LogP contribution in [0.1, 0.15) is 58.4 Å². The number of hydrogen-bond donors (Lipinski definition) is 0. The molecule has 0 aliphatic rings. The second kappa shape index (κ2) is 18.4. The molecule has 0 amide bonds. The van der Waals surface area contributed by atoms with Crippen molar-refractivity contribution < 1.29 is 32.7 Å². The molecular weight excluding hydrogens is 713 g/mol. The summed E-state index contributed by atoms with van der Waals surface area (Å²) in [6.07, 6.45) is 7.56. The molecule has 0 bridgehead atoms. The first-order valence-electron chi connectivity index (χ1n) is 17.8. The maximum absolute atomic E-state index is 3.80. The molecule has 0 N–H and O–H groups in total. The van der Waals surface area contributed by atoms with Crippen molar-refractivity contribution in [3.05, 3.63) is 263 Å². The van der Waals surface area contributed by atoms with Crippen LogP contribution >= 0.6 is 0 Å². The normalized spacial score (nSPS) is 12.6. The summed E-state index contributed by atoms with van der Waals surface area (Å²) in [5, 5.41) is 0. The summed E-state index contributed by atoms with van der Waals surface area (Å²) in [6, 6.07) is 72.5. The molecule has 0 aliphatic heterocycles. The Morgan fingerprint density at radius 1 is 0.283 bits per heavy atom. The molecule has 0 saturated heterocycles. The van der Waals surface area contributed by atoms with Crippen LogP contribution in [0.25, 0.3) is 33.4 Å². The topological polar surface area (TPSA) is 0 Å². The van der Waals surface area contributed by atoms with Crippen molar-refractivity contribution in [1.29, 1.82) is 0 Å². The van der Waals surface area contributed by atoms with E-state index in [4.69, 9.17) is 0 Å². The van der Waals surface area contributed by atoms with Crippen LogP contribution in [0.4, 0.5) is 0 Å². The zero-order valence-electron chi connectivity index (χ0n) is 30.2. The van der Waals surface area contributed by atoms with E-state index < -0.39 is 0 Å². The molecule has 0 unspecified atom stereocenters. The Balaban J connectivity index is 0.00000481. The van der Waals surface area contributed by atoms with Crippen molar-refractivity contribution in [2.24, 2.45) is 0 Å². The number of benzene rings is 7. The van der Waals surface area contributed by atoms with Crippen molar-refractivity contribution in [3.63, 3.8) is 0 Å². The fourth-order valence-electron chi connectivity index (χ4n) is 6.66. The van der Waals surface area contributed by atoms with Crippen LogP contribution in [-0.2, 0) is 32.7 Å². The number of rotatable bonds is 10. The van der Waals surface area contributed by atoms with Crippen LogP contribution in [0.5, 0.6) is 0 Å². The van der Waals surface area contributed by atoms with Gasteiger partial charge in [0, 0.05) is 32.7 Å². The van der Waals surface area contributed by atoms with Gasteiger partial charge in [-0.2, -0.15) is 23.3 Å². The summed E-state index contributed by atoms with van der Waals surface area (Å²) in [5.41, 5.74) is 15.8. The van der Waals surface area contributed by atoms with E-state index in [1.165, 1.54) is 39.0 Å². The Labute approximate surface area is 340 Å². The van der Waals surface area contributed by atoms with Crippen LogP contribution in [0, 0.1) is 12.2 Å². The second-order valence-corrected chi connectivity index (χ2v) is 12.8. The van der Waals surface area contributed by atoms with E-state index in [1.54, 1.807) is 0 Å². The molecule has 0 nitrogen and oxygen atoms in total. The van der Waals surface area contributed by atoms with Gasteiger partial charge in [-0.25, -0.2) is 0 Å². The van der Waals surface area contributed by atoms with Gasteiger partial charge >= 0.3 is 0 Å². The summed E-state index contributed by atoms with van der Waals surface area (Å²) >= 11 is 0. The van der Waals surface area contributed by atoms with Crippen LogP contribution in [0.3, 0.4) is 0 Å². The molecule has 0 atom stereocenters. The summed E-state index contributed by atoms with van der Waals surface area (Å²) < 4.78 is 0. The van der Waals surface area contributed by atoms with E-state index in [1.807, 2.05) is 12.1 Å². The second-order valence-electron chi connectivity index (χ2n) is 12.8. The molecule has 0 aliphatic carbocycles. The Bertz CT molecular complexity index is 2330. The SMILES string of the molecule is C/C(=C(\C(=C(/C)c1ccccc1)c1ccc(C(=[C-]c2ccccc2)C(=[C-]c2ccccc2)c2ccccc2)cc1)c1ccccc1)c1ccccc1.[Y]. The van der Waals surface area contributed by atoms with E-state index in [2.05, 4.69) is 220 Å². The van der Waals surface area contributed by atoms with Gasteiger partial charge in [-0.05, 0) is 58.4 Å². The average molecular weight is 754 g/mol. The Hall–Kier alpha value is -5.40. The van der Waals surface area contributed by atoms with E-state index in [-0.39, 0.29) is 32.7 Å². The molecule has 7 aromatic rings. The van der Waals surface area contributed by atoms with Crippen LogP contribution in [0.15, 0.2) is 206 Å². The van der Waals surface area contributed by atoms with Crippen LogP contribution < -0.4 is 0 Å². The molecule has 0 spiro atoms. The van der Waals surface area contributed by atoms with Gasteiger partial charge in [0.1, 0.15) is 0 Å². The van der Waals surface area contributed by atoms with Gasteiger partial charge in [-0.15, -0.1) is 46.5 Å². The summed E-state index contributed by atoms with van der Waals surface area (Å²) in [5.74, 6) is 0. The Kier molecular flexibility index (Phi) is 13.0. The molecule has 253 valence electrons. The third kappa shape index (κ3) is 9.16. The van der Waals surface area contributed by atoms with Gasteiger partial charge in [0.2, 0.25) is 0 Å². The maximum Gasteiger partial charge on any atom is 0 e. The third-order valence-corrected chi connectivity index (χ3v) is 9.34. The maximum atomic E-state index is 3.80. The van der Waals surface area contributed by atoms with Crippen molar-refractivity contribution in [1.82, 2.24) is 0 Å². The number of hydrogen-bond acceptors (Lipinski definition) is 0. The predicted molar refractivity (Wildman–Crippen MR) is 222 cm³/mol. The summed E-state index contributed by atoms with van der Waals surface area (Å²) in [7, 11) is 0. The fourth-order valence-corrected chi connectivity index (χ4v) is 6.66. The molecule has 7 rings (SSSR count). The molecule has 1 heteroatoms. The van der Waals surface area contributed by atoms with Crippen LogP contribution in [0.2, 0.25) is 0 Å². The minimum Gasteiger partial charge on any atom is -0.174 e. The quantitative estimate of drug-likeness (QED) is 0.0741. The molecular formula is C52H40Y-2. The molecule has 0 saturated carbocycles. The zero-order chi connectivity index (χ0) is 35.5. The molecule has 53 heavy (non-hydrogen) atoms.